The van der Waals surface area contributed by atoms with E-state index in [4.69, 9.17) is 8.92 Å². The molecule has 0 aromatic carbocycles. The molecular formula is C16H30N2O5S. The minimum absolute atomic E-state index is 0.106. The second-order valence-corrected chi connectivity index (χ2v) is 9.29. The van der Waals surface area contributed by atoms with Crippen LogP contribution in [0.15, 0.2) is 0 Å². The average molecular weight is 362 g/mol. The smallest absolute Gasteiger partial charge is 0.410 e. The Balaban J connectivity index is 1.91. The molecule has 1 aliphatic carbocycles. The molecule has 0 N–H and O–H groups in total. The van der Waals surface area contributed by atoms with Crippen LogP contribution in [0, 0.1) is 0 Å². The van der Waals surface area contributed by atoms with E-state index in [1.165, 1.54) is 0 Å². The van der Waals surface area contributed by atoms with Gasteiger partial charge in [0.25, 0.3) is 10.1 Å². The van der Waals surface area contributed by atoms with Crippen molar-refractivity contribution in [2.24, 2.45) is 0 Å². The van der Waals surface area contributed by atoms with Gasteiger partial charge in [0.05, 0.1) is 12.4 Å². The molecule has 0 aromatic rings. The number of ether oxygens (including phenoxy) is 1. The van der Waals surface area contributed by atoms with Gasteiger partial charge in [-0.3, -0.25) is 9.08 Å². The van der Waals surface area contributed by atoms with Gasteiger partial charge >= 0.3 is 6.09 Å². The zero-order chi connectivity index (χ0) is 18.0. The molecule has 0 spiro atoms. The third-order valence-corrected chi connectivity index (χ3v) is 5.00. The number of hydrogen-bond donors (Lipinski definition) is 0. The van der Waals surface area contributed by atoms with Gasteiger partial charge in [0.1, 0.15) is 5.60 Å². The minimum atomic E-state index is -3.45. The number of carbonyl (C=O) groups excluding carboxylic acids is 1. The molecule has 0 bridgehead atoms. The van der Waals surface area contributed by atoms with E-state index >= 15 is 0 Å². The lowest BCUT2D eigenvalue weighted by Gasteiger charge is -2.43. The third kappa shape index (κ3) is 5.89. The lowest BCUT2D eigenvalue weighted by Crippen LogP contribution is -2.56. The highest BCUT2D eigenvalue weighted by Gasteiger charge is 2.36. The summed E-state index contributed by atoms with van der Waals surface area (Å²) in [7, 11) is -3.45. The Morgan fingerprint density at radius 1 is 1.04 bits per heavy atom. The molecule has 2 atom stereocenters. The summed E-state index contributed by atoms with van der Waals surface area (Å²) < 4.78 is 33.7. The van der Waals surface area contributed by atoms with Crippen molar-refractivity contribution < 1.29 is 22.1 Å². The van der Waals surface area contributed by atoms with Crippen molar-refractivity contribution in [2.75, 3.05) is 32.4 Å². The number of hydrogen-bond acceptors (Lipinski definition) is 6. The maximum absolute atomic E-state index is 12.1. The van der Waals surface area contributed by atoms with Crippen molar-refractivity contribution in [2.45, 2.75) is 64.2 Å². The Kier molecular flexibility index (Phi) is 6.14. The highest BCUT2D eigenvalue weighted by Crippen LogP contribution is 2.27. The van der Waals surface area contributed by atoms with Gasteiger partial charge in [0.15, 0.2) is 0 Å². The monoisotopic (exact) mass is 362 g/mol. The van der Waals surface area contributed by atoms with E-state index in [1.54, 1.807) is 4.90 Å². The van der Waals surface area contributed by atoms with Crippen LogP contribution in [0.1, 0.15) is 46.5 Å². The third-order valence-electron chi connectivity index (χ3n) is 4.40. The first-order chi connectivity index (χ1) is 11.1. The van der Waals surface area contributed by atoms with Gasteiger partial charge in [-0.1, -0.05) is 12.8 Å². The van der Waals surface area contributed by atoms with Crippen molar-refractivity contribution in [1.82, 2.24) is 9.80 Å². The van der Waals surface area contributed by atoms with Crippen LogP contribution >= 0.6 is 0 Å². The molecule has 0 radical (unpaired) electrons. The first kappa shape index (κ1) is 19.5. The molecule has 1 heterocycles. The van der Waals surface area contributed by atoms with Crippen molar-refractivity contribution >= 4 is 16.2 Å². The number of rotatable bonds is 3. The van der Waals surface area contributed by atoms with E-state index in [-0.39, 0.29) is 18.2 Å². The van der Waals surface area contributed by atoms with Gasteiger partial charge in [-0.05, 0) is 33.6 Å². The topological polar surface area (TPSA) is 76.2 Å². The number of nitrogens with zero attached hydrogens (tertiary/aromatic N) is 2. The summed E-state index contributed by atoms with van der Waals surface area (Å²) in [6.45, 7) is 8.19. The first-order valence-electron chi connectivity index (χ1n) is 8.65. The zero-order valence-corrected chi connectivity index (χ0v) is 16.0. The Morgan fingerprint density at radius 2 is 1.62 bits per heavy atom. The van der Waals surface area contributed by atoms with Crippen LogP contribution in [0.25, 0.3) is 0 Å². The van der Waals surface area contributed by atoms with E-state index in [0.717, 1.165) is 31.9 Å². The number of carbonyl (C=O) groups is 1. The van der Waals surface area contributed by atoms with Gasteiger partial charge in [-0.25, -0.2) is 4.79 Å². The van der Waals surface area contributed by atoms with E-state index in [1.807, 2.05) is 20.8 Å². The fourth-order valence-corrected chi connectivity index (χ4v) is 4.07. The van der Waals surface area contributed by atoms with Crippen LogP contribution in [-0.2, 0) is 19.0 Å². The molecule has 1 saturated carbocycles. The molecule has 8 heteroatoms. The second kappa shape index (κ2) is 7.58. The highest BCUT2D eigenvalue weighted by atomic mass is 32.2. The largest absolute Gasteiger partial charge is 0.444 e. The number of piperazine rings is 1. The maximum atomic E-state index is 12.1. The molecule has 0 unspecified atom stereocenters. The lowest BCUT2D eigenvalue weighted by atomic mass is 9.91. The van der Waals surface area contributed by atoms with E-state index < -0.39 is 15.7 Å². The van der Waals surface area contributed by atoms with Crippen LogP contribution in [0.4, 0.5) is 4.79 Å². The summed E-state index contributed by atoms with van der Waals surface area (Å²) in [6, 6.07) is 0.106. The Hall–Kier alpha value is -0.860. The molecule has 7 nitrogen and oxygen atoms in total. The van der Waals surface area contributed by atoms with Crippen molar-refractivity contribution in [3.8, 4) is 0 Å². The highest BCUT2D eigenvalue weighted by molar-refractivity contribution is 7.86. The normalized spacial score (nSPS) is 27.1. The summed E-state index contributed by atoms with van der Waals surface area (Å²) in [4.78, 5) is 16.1. The average Bonchev–Trinajstić information content (AvgIpc) is 2.44. The molecule has 24 heavy (non-hydrogen) atoms. The molecule has 1 saturated heterocycles. The lowest BCUT2D eigenvalue weighted by molar-refractivity contribution is -0.00812. The minimum Gasteiger partial charge on any atom is -0.444 e. The zero-order valence-electron chi connectivity index (χ0n) is 15.2. The number of amides is 1. The van der Waals surface area contributed by atoms with Crippen LogP contribution in [-0.4, -0.2) is 74.5 Å². The molecule has 0 aromatic heterocycles. The summed E-state index contributed by atoms with van der Waals surface area (Å²) in [5.41, 5.74) is -0.494. The van der Waals surface area contributed by atoms with Gasteiger partial charge in [-0.2, -0.15) is 8.42 Å². The summed E-state index contributed by atoms with van der Waals surface area (Å²) in [5.74, 6) is 0. The molecule has 1 aliphatic heterocycles. The van der Waals surface area contributed by atoms with Crippen molar-refractivity contribution in [3.05, 3.63) is 0 Å². The molecule has 2 aliphatic rings. The SMILES string of the molecule is CC(C)(C)OC(=O)N1CCN([C@@H]2CCCC[C@H]2OS(C)(=O)=O)CC1. The quantitative estimate of drug-likeness (QED) is 0.713. The Bertz CT molecular complexity index is 535. The van der Waals surface area contributed by atoms with Crippen molar-refractivity contribution in [1.29, 1.82) is 0 Å². The molecule has 2 rings (SSSR count). The predicted molar refractivity (Wildman–Crippen MR) is 91.4 cm³/mol. The van der Waals surface area contributed by atoms with Gasteiger partial charge in [-0.15, -0.1) is 0 Å². The Morgan fingerprint density at radius 3 is 2.17 bits per heavy atom. The van der Waals surface area contributed by atoms with Gasteiger partial charge < -0.3 is 9.64 Å². The van der Waals surface area contributed by atoms with Gasteiger partial charge in [0, 0.05) is 32.2 Å². The summed E-state index contributed by atoms with van der Waals surface area (Å²) in [5, 5.41) is 0. The Labute approximate surface area is 145 Å². The standard InChI is InChI=1S/C16H30N2O5S/c1-16(2,3)22-15(19)18-11-9-17(10-12-18)13-7-5-6-8-14(13)23-24(4,20)21/h13-14H,5-12H2,1-4H3/t13-,14-/m1/s1. The van der Waals surface area contributed by atoms with Crippen LogP contribution in [0.5, 0.6) is 0 Å². The van der Waals surface area contributed by atoms with Crippen LogP contribution in [0.3, 0.4) is 0 Å². The predicted octanol–water partition coefficient (Wildman–Crippen LogP) is 1.83. The van der Waals surface area contributed by atoms with Crippen LogP contribution in [0.2, 0.25) is 0 Å². The van der Waals surface area contributed by atoms with Crippen LogP contribution < -0.4 is 0 Å². The second-order valence-electron chi connectivity index (χ2n) is 7.69. The molecule has 2 fully saturated rings. The van der Waals surface area contributed by atoms with Crippen molar-refractivity contribution in [3.63, 3.8) is 0 Å². The molecule has 1 amide bonds. The summed E-state index contributed by atoms with van der Waals surface area (Å²) >= 11 is 0. The van der Waals surface area contributed by atoms with E-state index in [2.05, 4.69) is 4.90 Å². The fraction of sp³-hybridized carbons (Fsp3) is 0.938. The fourth-order valence-electron chi connectivity index (χ4n) is 3.39. The summed E-state index contributed by atoms with van der Waals surface area (Å²) in [6.07, 6.45) is 4.33. The molecule has 140 valence electrons. The first-order valence-corrected chi connectivity index (χ1v) is 10.5. The van der Waals surface area contributed by atoms with E-state index in [0.29, 0.717) is 26.2 Å². The maximum Gasteiger partial charge on any atom is 0.410 e. The molecular weight excluding hydrogens is 332 g/mol. The van der Waals surface area contributed by atoms with Gasteiger partial charge in [0.2, 0.25) is 0 Å². The van der Waals surface area contributed by atoms with E-state index in [9.17, 15) is 13.2 Å².